The van der Waals surface area contributed by atoms with Gasteiger partial charge in [0.2, 0.25) is 0 Å². The van der Waals surface area contributed by atoms with Gasteiger partial charge in [-0.1, -0.05) is 29.3 Å². The summed E-state index contributed by atoms with van der Waals surface area (Å²) in [6.45, 7) is 0. The predicted molar refractivity (Wildman–Crippen MR) is 82.8 cm³/mol. The number of carbonyl (C=O) groups excluding carboxylic acids is 1. The Bertz CT molecular complexity index is 870. The van der Waals surface area contributed by atoms with Crippen molar-refractivity contribution >= 4 is 39.9 Å². The second kappa shape index (κ2) is 5.17. The van der Waals surface area contributed by atoms with Crippen molar-refractivity contribution in [1.82, 2.24) is 4.57 Å². The summed E-state index contributed by atoms with van der Waals surface area (Å²) in [5, 5.41) is 1.58. The van der Waals surface area contributed by atoms with E-state index >= 15 is 0 Å². The van der Waals surface area contributed by atoms with E-state index in [4.69, 9.17) is 23.2 Å². The molecule has 0 N–H and O–H groups in total. The molecule has 2 nitrogen and oxygen atoms in total. The van der Waals surface area contributed by atoms with Gasteiger partial charge in [-0.05, 0) is 30.3 Å². The zero-order chi connectivity index (χ0) is 15.1. The number of carbonyl (C=O) groups is 1. The molecule has 1 aromatic heterocycles. The maximum absolute atomic E-state index is 13.9. The van der Waals surface area contributed by atoms with Crippen LogP contribution in [0, 0.1) is 5.82 Å². The highest BCUT2D eigenvalue weighted by atomic mass is 35.5. The Labute approximate surface area is 130 Å². The van der Waals surface area contributed by atoms with E-state index in [1.165, 1.54) is 12.1 Å². The average molecular weight is 322 g/mol. The standard InChI is InChI=1S/C16H10Cl2FNO/c1-20-8-13(11-4-2-10(18)7-15(11)20)16(21)12-5-3-9(17)6-14(12)19/h2-8H,1H3. The summed E-state index contributed by atoms with van der Waals surface area (Å²) in [6.07, 6.45) is 1.68. The molecule has 0 saturated heterocycles. The summed E-state index contributed by atoms with van der Waals surface area (Å²) < 4.78 is 15.7. The SMILES string of the molecule is Cn1cc(C(=O)c2ccc(Cl)cc2F)c2ccc(Cl)cc21. The molecule has 5 heteroatoms. The molecule has 0 radical (unpaired) electrons. The molecule has 0 fully saturated rings. The quantitative estimate of drug-likeness (QED) is 0.618. The van der Waals surface area contributed by atoms with Crippen LogP contribution in [-0.2, 0) is 7.05 Å². The van der Waals surface area contributed by atoms with Gasteiger partial charge in [0.15, 0.2) is 5.78 Å². The number of ketones is 1. The molecule has 1 heterocycles. The number of rotatable bonds is 2. The monoisotopic (exact) mass is 321 g/mol. The van der Waals surface area contributed by atoms with Crippen LogP contribution in [0.1, 0.15) is 15.9 Å². The van der Waals surface area contributed by atoms with Crippen LogP contribution >= 0.6 is 23.2 Å². The molecule has 21 heavy (non-hydrogen) atoms. The van der Waals surface area contributed by atoms with Gasteiger partial charge in [-0.2, -0.15) is 0 Å². The van der Waals surface area contributed by atoms with Gasteiger partial charge in [-0.3, -0.25) is 4.79 Å². The molecule has 0 aliphatic carbocycles. The van der Waals surface area contributed by atoms with Crippen molar-refractivity contribution in [3.05, 3.63) is 69.6 Å². The Hall–Kier alpha value is -1.84. The van der Waals surface area contributed by atoms with Crippen LogP contribution in [0.15, 0.2) is 42.6 Å². The lowest BCUT2D eigenvalue weighted by Gasteiger charge is -2.02. The molecule has 0 bridgehead atoms. The average Bonchev–Trinajstić information content (AvgIpc) is 2.75. The Balaban J connectivity index is 2.18. The summed E-state index contributed by atoms with van der Waals surface area (Å²) >= 11 is 11.7. The molecular formula is C16H10Cl2FNO. The topological polar surface area (TPSA) is 22.0 Å². The Morgan fingerprint density at radius 3 is 2.43 bits per heavy atom. The molecular weight excluding hydrogens is 312 g/mol. The number of fused-ring (bicyclic) bond motifs is 1. The van der Waals surface area contributed by atoms with Crippen LogP contribution < -0.4 is 0 Å². The summed E-state index contributed by atoms with van der Waals surface area (Å²) in [6, 6.07) is 9.27. The fourth-order valence-corrected chi connectivity index (χ4v) is 2.68. The summed E-state index contributed by atoms with van der Waals surface area (Å²) in [5.74, 6) is -1.00. The van der Waals surface area contributed by atoms with Crippen molar-refractivity contribution in [3.63, 3.8) is 0 Å². The molecule has 0 unspecified atom stereocenters. The second-order valence-electron chi connectivity index (χ2n) is 4.77. The third-order valence-electron chi connectivity index (χ3n) is 3.37. The molecule has 0 amide bonds. The van der Waals surface area contributed by atoms with E-state index in [0.29, 0.717) is 10.6 Å². The number of hydrogen-bond donors (Lipinski definition) is 0. The Morgan fingerprint density at radius 1 is 1.05 bits per heavy atom. The molecule has 3 rings (SSSR count). The van der Waals surface area contributed by atoms with E-state index in [0.717, 1.165) is 17.0 Å². The van der Waals surface area contributed by atoms with Gasteiger partial charge in [-0.15, -0.1) is 0 Å². The van der Waals surface area contributed by atoms with E-state index in [9.17, 15) is 9.18 Å². The largest absolute Gasteiger partial charge is 0.350 e. The minimum absolute atomic E-state index is 0.00171. The normalized spacial score (nSPS) is 11.0. The number of halogens is 3. The summed E-state index contributed by atoms with van der Waals surface area (Å²) in [7, 11) is 1.81. The Morgan fingerprint density at radius 2 is 1.71 bits per heavy atom. The van der Waals surface area contributed by atoms with Gasteiger partial charge in [0.1, 0.15) is 5.82 Å². The van der Waals surface area contributed by atoms with Gasteiger partial charge in [-0.25, -0.2) is 4.39 Å². The van der Waals surface area contributed by atoms with E-state index in [2.05, 4.69) is 0 Å². The molecule has 0 spiro atoms. The summed E-state index contributed by atoms with van der Waals surface area (Å²) in [4.78, 5) is 12.6. The number of benzene rings is 2. The van der Waals surface area contributed by atoms with Crippen molar-refractivity contribution in [3.8, 4) is 0 Å². The first-order valence-corrected chi connectivity index (χ1v) is 6.97. The van der Waals surface area contributed by atoms with Crippen LogP contribution in [0.3, 0.4) is 0 Å². The summed E-state index contributed by atoms with van der Waals surface area (Å²) in [5.41, 5.74) is 1.26. The van der Waals surface area contributed by atoms with E-state index < -0.39 is 5.82 Å². The maximum Gasteiger partial charge on any atom is 0.198 e. The highest BCUT2D eigenvalue weighted by Crippen LogP contribution is 2.27. The van der Waals surface area contributed by atoms with E-state index in [1.807, 2.05) is 7.05 Å². The second-order valence-corrected chi connectivity index (χ2v) is 5.64. The van der Waals surface area contributed by atoms with Crippen molar-refractivity contribution in [2.45, 2.75) is 0 Å². The fourth-order valence-electron chi connectivity index (χ4n) is 2.36. The lowest BCUT2D eigenvalue weighted by atomic mass is 10.0. The van der Waals surface area contributed by atoms with E-state index in [-0.39, 0.29) is 16.4 Å². The van der Waals surface area contributed by atoms with Gasteiger partial charge in [0.25, 0.3) is 0 Å². The minimum atomic E-state index is -0.626. The number of aromatic nitrogens is 1. The lowest BCUT2D eigenvalue weighted by molar-refractivity contribution is 0.103. The zero-order valence-corrected chi connectivity index (χ0v) is 12.5. The van der Waals surface area contributed by atoms with Gasteiger partial charge < -0.3 is 4.57 Å². The van der Waals surface area contributed by atoms with Crippen molar-refractivity contribution in [2.75, 3.05) is 0 Å². The zero-order valence-electron chi connectivity index (χ0n) is 11.0. The minimum Gasteiger partial charge on any atom is -0.350 e. The van der Waals surface area contributed by atoms with Crippen LogP contribution in [0.2, 0.25) is 10.0 Å². The van der Waals surface area contributed by atoms with Crippen LogP contribution in [0.4, 0.5) is 4.39 Å². The molecule has 0 aliphatic heterocycles. The van der Waals surface area contributed by atoms with Gasteiger partial charge >= 0.3 is 0 Å². The van der Waals surface area contributed by atoms with Crippen molar-refractivity contribution in [1.29, 1.82) is 0 Å². The fraction of sp³-hybridized carbons (Fsp3) is 0.0625. The Kier molecular flexibility index (Phi) is 3.47. The van der Waals surface area contributed by atoms with E-state index in [1.54, 1.807) is 29.0 Å². The first-order chi connectivity index (χ1) is 9.97. The molecule has 0 atom stereocenters. The number of hydrogen-bond acceptors (Lipinski definition) is 1. The van der Waals surface area contributed by atoms with Crippen LogP contribution in [-0.4, -0.2) is 10.4 Å². The molecule has 0 aliphatic rings. The first-order valence-electron chi connectivity index (χ1n) is 6.21. The number of nitrogens with zero attached hydrogens (tertiary/aromatic N) is 1. The highest BCUT2D eigenvalue weighted by molar-refractivity contribution is 6.31. The van der Waals surface area contributed by atoms with Crippen molar-refractivity contribution < 1.29 is 9.18 Å². The molecule has 2 aromatic carbocycles. The number of aryl methyl sites for hydroxylation is 1. The third-order valence-corrected chi connectivity index (χ3v) is 3.84. The van der Waals surface area contributed by atoms with Crippen LogP contribution in [0.25, 0.3) is 10.9 Å². The predicted octanol–water partition coefficient (Wildman–Crippen LogP) is 4.86. The third kappa shape index (κ3) is 2.43. The lowest BCUT2D eigenvalue weighted by Crippen LogP contribution is -2.03. The molecule has 3 aromatic rings. The first kappa shape index (κ1) is 14.1. The highest BCUT2D eigenvalue weighted by Gasteiger charge is 2.19. The van der Waals surface area contributed by atoms with Gasteiger partial charge in [0, 0.05) is 39.8 Å². The molecule has 106 valence electrons. The molecule has 0 saturated carbocycles. The van der Waals surface area contributed by atoms with Gasteiger partial charge in [0.05, 0.1) is 5.56 Å². The van der Waals surface area contributed by atoms with Crippen molar-refractivity contribution in [2.24, 2.45) is 7.05 Å². The maximum atomic E-state index is 13.9. The van der Waals surface area contributed by atoms with Crippen LogP contribution in [0.5, 0.6) is 0 Å². The smallest absolute Gasteiger partial charge is 0.198 e.